The molecule has 1 heterocycles. The maximum atomic E-state index is 13.7. The van der Waals surface area contributed by atoms with Crippen molar-refractivity contribution in [3.05, 3.63) is 23.6 Å². The van der Waals surface area contributed by atoms with Gasteiger partial charge in [0.05, 0.1) is 0 Å². The Morgan fingerprint density at radius 3 is 3.00 bits per heavy atom. The van der Waals surface area contributed by atoms with Gasteiger partial charge in [0, 0.05) is 26.0 Å². The number of nitrogens with one attached hydrogen (secondary N) is 1. The molecule has 0 saturated carbocycles. The minimum atomic E-state index is -1.31. The standard InChI is InChI=1S/C11H15FN2O3/c1-7(4-6-17-2)14-10-9(12)8(11(15)16)3-5-13-10/h3,5,7H,4,6H2,1-2H3,(H,13,14)(H,15,16). The molecule has 0 fully saturated rings. The highest BCUT2D eigenvalue weighted by molar-refractivity contribution is 5.88. The van der Waals surface area contributed by atoms with Gasteiger partial charge in [0.2, 0.25) is 0 Å². The number of nitrogens with zero attached hydrogens (tertiary/aromatic N) is 1. The molecular formula is C11H15FN2O3. The zero-order chi connectivity index (χ0) is 12.8. The van der Waals surface area contributed by atoms with E-state index in [1.165, 1.54) is 6.20 Å². The second kappa shape index (κ2) is 6.15. The zero-order valence-corrected chi connectivity index (χ0v) is 9.74. The Kier molecular flexibility index (Phi) is 4.84. The molecular weight excluding hydrogens is 227 g/mol. The third-order valence-electron chi connectivity index (χ3n) is 2.26. The predicted octanol–water partition coefficient (Wildman–Crippen LogP) is 1.76. The van der Waals surface area contributed by atoms with Crippen molar-refractivity contribution in [3.8, 4) is 0 Å². The van der Waals surface area contributed by atoms with Crippen LogP contribution >= 0.6 is 0 Å². The van der Waals surface area contributed by atoms with Gasteiger partial charge in [0.1, 0.15) is 5.56 Å². The summed E-state index contributed by atoms with van der Waals surface area (Å²) >= 11 is 0. The zero-order valence-electron chi connectivity index (χ0n) is 9.74. The summed E-state index contributed by atoms with van der Waals surface area (Å²) in [5.41, 5.74) is -0.388. The average Bonchev–Trinajstić information content (AvgIpc) is 2.28. The molecule has 94 valence electrons. The van der Waals surface area contributed by atoms with Crippen molar-refractivity contribution in [3.63, 3.8) is 0 Å². The smallest absolute Gasteiger partial charge is 0.338 e. The van der Waals surface area contributed by atoms with Crippen LogP contribution in [-0.2, 0) is 4.74 Å². The number of methoxy groups -OCH3 is 1. The van der Waals surface area contributed by atoms with Crippen LogP contribution in [-0.4, -0.2) is 35.8 Å². The summed E-state index contributed by atoms with van der Waals surface area (Å²) < 4.78 is 18.6. The first-order valence-corrected chi connectivity index (χ1v) is 5.19. The number of ether oxygens (including phenoxy) is 1. The lowest BCUT2D eigenvalue weighted by atomic mass is 10.2. The van der Waals surface area contributed by atoms with Crippen LogP contribution in [0.25, 0.3) is 0 Å². The van der Waals surface area contributed by atoms with E-state index in [1.807, 2.05) is 6.92 Å². The Morgan fingerprint density at radius 1 is 1.71 bits per heavy atom. The van der Waals surface area contributed by atoms with E-state index in [1.54, 1.807) is 7.11 Å². The van der Waals surface area contributed by atoms with E-state index < -0.39 is 11.8 Å². The number of carboxylic acids is 1. The summed E-state index contributed by atoms with van der Waals surface area (Å²) in [6.07, 6.45) is 1.94. The lowest BCUT2D eigenvalue weighted by Crippen LogP contribution is -2.19. The molecule has 17 heavy (non-hydrogen) atoms. The molecule has 1 aromatic heterocycles. The van der Waals surface area contributed by atoms with Crippen molar-refractivity contribution < 1.29 is 19.0 Å². The highest BCUT2D eigenvalue weighted by Gasteiger charge is 2.16. The van der Waals surface area contributed by atoms with E-state index in [-0.39, 0.29) is 17.4 Å². The van der Waals surface area contributed by atoms with Crippen LogP contribution in [0.3, 0.4) is 0 Å². The summed E-state index contributed by atoms with van der Waals surface area (Å²) in [6.45, 7) is 2.38. The normalized spacial score (nSPS) is 12.2. The van der Waals surface area contributed by atoms with E-state index in [0.717, 1.165) is 6.07 Å². The summed E-state index contributed by atoms with van der Waals surface area (Å²) in [6, 6.07) is 1.07. The van der Waals surface area contributed by atoms with Gasteiger partial charge in [0.25, 0.3) is 0 Å². The molecule has 1 atom stereocenters. The molecule has 1 aromatic rings. The van der Waals surface area contributed by atoms with Crippen molar-refractivity contribution >= 4 is 11.8 Å². The highest BCUT2D eigenvalue weighted by atomic mass is 19.1. The van der Waals surface area contributed by atoms with Crippen molar-refractivity contribution in [1.82, 2.24) is 4.98 Å². The van der Waals surface area contributed by atoms with Crippen LogP contribution in [0.15, 0.2) is 12.3 Å². The monoisotopic (exact) mass is 242 g/mol. The quantitative estimate of drug-likeness (QED) is 0.795. The number of anilines is 1. The van der Waals surface area contributed by atoms with Crippen LogP contribution in [0.4, 0.5) is 10.2 Å². The Labute approximate surface area is 98.6 Å². The molecule has 0 aromatic carbocycles. The first-order valence-electron chi connectivity index (χ1n) is 5.19. The van der Waals surface area contributed by atoms with Crippen LogP contribution in [0.2, 0.25) is 0 Å². The number of hydrogen-bond donors (Lipinski definition) is 2. The fraction of sp³-hybridized carbons (Fsp3) is 0.455. The number of hydrogen-bond acceptors (Lipinski definition) is 4. The fourth-order valence-corrected chi connectivity index (χ4v) is 1.31. The maximum absolute atomic E-state index is 13.7. The van der Waals surface area contributed by atoms with Gasteiger partial charge in [-0.25, -0.2) is 14.2 Å². The van der Waals surface area contributed by atoms with Crippen molar-refractivity contribution in [2.24, 2.45) is 0 Å². The second-order valence-electron chi connectivity index (χ2n) is 3.65. The average molecular weight is 242 g/mol. The minimum Gasteiger partial charge on any atom is -0.478 e. The molecule has 1 unspecified atom stereocenters. The minimum absolute atomic E-state index is 0.0477. The van der Waals surface area contributed by atoms with Gasteiger partial charge in [0.15, 0.2) is 11.6 Å². The first kappa shape index (κ1) is 13.4. The van der Waals surface area contributed by atoms with Gasteiger partial charge in [-0.1, -0.05) is 0 Å². The van der Waals surface area contributed by atoms with Crippen molar-refractivity contribution in [2.75, 3.05) is 19.0 Å². The van der Waals surface area contributed by atoms with E-state index in [9.17, 15) is 9.18 Å². The molecule has 1 rings (SSSR count). The van der Waals surface area contributed by atoms with Crippen LogP contribution in [0, 0.1) is 5.82 Å². The number of halogens is 1. The summed E-state index contributed by atoms with van der Waals surface area (Å²) in [5, 5.41) is 11.6. The third-order valence-corrected chi connectivity index (χ3v) is 2.26. The number of carboxylic acid groups (broad SMARTS) is 1. The van der Waals surface area contributed by atoms with Gasteiger partial charge < -0.3 is 15.2 Å². The number of rotatable bonds is 6. The summed E-state index contributed by atoms with van der Waals surface area (Å²) in [7, 11) is 1.58. The van der Waals surface area contributed by atoms with Crippen molar-refractivity contribution in [2.45, 2.75) is 19.4 Å². The van der Waals surface area contributed by atoms with E-state index >= 15 is 0 Å². The molecule has 0 aliphatic carbocycles. The SMILES string of the molecule is COCCC(C)Nc1nccc(C(=O)O)c1F. The van der Waals surface area contributed by atoms with Crippen LogP contribution in [0.1, 0.15) is 23.7 Å². The Hall–Kier alpha value is -1.69. The van der Waals surface area contributed by atoms with Crippen LogP contribution < -0.4 is 5.32 Å². The topological polar surface area (TPSA) is 71.5 Å². The Morgan fingerprint density at radius 2 is 2.41 bits per heavy atom. The molecule has 0 amide bonds. The second-order valence-corrected chi connectivity index (χ2v) is 3.65. The molecule has 0 radical (unpaired) electrons. The molecule has 0 saturated heterocycles. The molecule has 0 aliphatic rings. The summed E-state index contributed by atoms with van der Waals surface area (Å²) in [5.74, 6) is -2.20. The Balaban J connectivity index is 2.77. The first-order chi connectivity index (χ1) is 8.06. The van der Waals surface area contributed by atoms with Gasteiger partial charge in [-0.05, 0) is 19.4 Å². The van der Waals surface area contributed by atoms with Gasteiger partial charge in [-0.15, -0.1) is 0 Å². The maximum Gasteiger partial charge on any atom is 0.338 e. The lowest BCUT2D eigenvalue weighted by Gasteiger charge is -2.14. The Bertz CT molecular complexity index is 398. The largest absolute Gasteiger partial charge is 0.478 e. The molecule has 2 N–H and O–H groups in total. The highest BCUT2D eigenvalue weighted by Crippen LogP contribution is 2.16. The lowest BCUT2D eigenvalue weighted by molar-refractivity contribution is 0.0692. The molecule has 6 heteroatoms. The van der Waals surface area contributed by atoms with E-state index in [4.69, 9.17) is 9.84 Å². The van der Waals surface area contributed by atoms with Crippen LogP contribution in [0.5, 0.6) is 0 Å². The van der Waals surface area contributed by atoms with Gasteiger partial charge in [-0.3, -0.25) is 0 Å². The van der Waals surface area contributed by atoms with E-state index in [0.29, 0.717) is 13.0 Å². The molecule has 0 bridgehead atoms. The molecule has 5 nitrogen and oxygen atoms in total. The fourth-order valence-electron chi connectivity index (χ4n) is 1.31. The molecule has 0 aliphatic heterocycles. The van der Waals surface area contributed by atoms with Gasteiger partial charge in [-0.2, -0.15) is 0 Å². The third kappa shape index (κ3) is 3.67. The number of carbonyl (C=O) groups is 1. The predicted molar refractivity (Wildman–Crippen MR) is 60.7 cm³/mol. The molecule has 0 spiro atoms. The van der Waals surface area contributed by atoms with Gasteiger partial charge >= 0.3 is 5.97 Å². The van der Waals surface area contributed by atoms with Crippen molar-refractivity contribution in [1.29, 1.82) is 0 Å². The number of aromatic nitrogens is 1. The van der Waals surface area contributed by atoms with E-state index in [2.05, 4.69) is 10.3 Å². The number of pyridine rings is 1. The summed E-state index contributed by atoms with van der Waals surface area (Å²) in [4.78, 5) is 14.5. The number of aromatic carboxylic acids is 1.